The van der Waals surface area contributed by atoms with Crippen LogP contribution in [0.5, 0.6) is 0 Å². The zero-order valence-electron chi connectivity index (χ0n) is 11.3. The Kier molecular flexibility index (Phi) is 3.89. The molecular weight excluding hydrogens is 246 g/mol. The summed E-state index contributed by atoms with van der Waals surface area (Å²) in [4.78, 5) is 0. The Balaban J connectivity index is 1.39. The lowest BCUT2D eigenvalue weighted by atomic mass is 9.83. The normalized spacial score (nSPS) is 32.8. The minimum Gasteiger partial charge on any atom is -0.370 e. The molecule has 0 aromatic carbocycles. The van der Waals surface area contributed by atoms with Crippen molar-refractivity contribution >= 4 is 11.6 Å². The quantitative estimate of drug-likeness (QED) is 0.773. The molecule has 1 heterocycles. The lowest BCUT2D eigenvalue weighted by molar-refractivity contribution is -0.0624. The van der Waals surface area contributed by atoms with Crippen molar-refractivity contribution in [3.05, 3.63) is 0 Å². The van der Waals surface area contributed by atoms with Crippen molar-refractivity contribution in [1.82, 2.24) is 5.32 Å². The van der Waals surface area contributed by atoms with Crippen LogP contribution in [0.2, 0.25) is 0 Å². The zero-order valence-corrected chi connectivity index (χ0v) is 12.1. The standard InChI is InChI=1S/C15H26ClNO/c16-11-14(8-9-14)12-17-10-13-4-7-15(18-13)5-2-1-3-6-15/h13,17H,1-12H2. The topological polar surface area (TPSA) is 21.3 Å². The predicted octanol–water partition coefficient (Wildman–Crippen LogP) is 3.48. The van der Waals surface area contributed by atoms with E-state index in [0.29, 0.717) is 11.5 Å². The van der Waals surface area contributed by atoms with E-state index in [1.165, 1.54) is 57.8 Å². The number of hydrogen-bond donors (Lipinski definition) is 1. The van der Waals surface area contributed by atoms with Gasteiger partial charge in [-0.2, -0.15) is 0 Å². The van der Waals surface area contributed by atoms with E-state index in [2.05, 4.69) is 5.32 Å². The van der Waals surface area contributed by atoms with E-state index in [9.17, 15) is 0 Å². The van der Waals surface area contributed by atoms with E-state index in [1.54, 1.807) is 0 Å². The van der Waals surface area contributed by atoms with Gasteiger partial charge >= 0.3 is 0 Å². The second-order valence-corrected chi connectivity index (χ2v) is 7.05. The van der Waals surface area contributed by atoms with Gasteiger partial charge in [0.2, 0.25) is 0 Å². The van der Waals surface area contributed by atoms with Crippen molar-refractivity contribution in [2.24, 2.45) is 5.41 Å². The highest BCUT2D eigenvalue weighted by Gasteiger charge is 2.43. The molecule has 0 bridgehead atoms. The summed E-state index contributed by atoms with van der Waals surface area (Å²) in [6, 6.07) is 0. The Bertz CT molecular complexity index is 284. The summed E-state index contributed by atoms with van der Waals surface area (Å²) in [6.45, 7) is 2.11. The molecule has 0 amide bonds. The highest BCUT2D eigenvalue weighted by Crippen LogP contribution is 2.46. The molecule has 3 fully saturated rings. The fourth-order valence-electron chi connectivity index (χ4n) is 3.64. The molecule has 0 radical (unpaired) electrons. The first-order valence-corrected chi connectivity index (χ1v) is 8.24. The predicted molar refractivity (Wildman–Crippen MR) is 75.2 cm³/mol. The van der Waals surface area contributed by atoms with Crippen molar-refractivity contribution in [3.8, 4) is 0 Å². The highest BCUT2D eigenvalue weighted by atomic mass is 35.5. The smallest absolute Gasteiger partial charge is 0.0708 e. The minimum atomic E-state index is 0.272. The van der Waals surface area contributed by atoms with Crippen molar-refractivity contribution in [2.45, 2.75) is 69.5 Å². The molecule has 3 heteroatoms. The summed E-state index contributed by atoms with van der Waals surface area (Å²) in [5.74, 6) is 0.815. The number of nitrogens with one attached hydrogen (secondary N) is 1. The third kappa shape index (κ3) is 2.86. The second-order valence-electron chi connectivity index (χ2n) is 6.79. The third-order valence-corrected chi connectivity index (χ3v) is 5.78. The summed E-state index contributed by atoms with van der Waals surface area (Å²) < 4.78 is 6.36. The molecule has 104 valence electrons. The van der Waals surface area contributed by atoms with Crippen LogP contribution >= 0.6 is 11.6 Å². The maximum absolute atomic E-state index is 6.36. The Labute approximate surface area is 116 Å². The van der Waals surface area contributed by atoms with Crippen LogP contribution in [0.1, 0.15) is 57.8 Å². The van der Waals surface area contributed by atoms with E-state index < -0.39 is 0 Å². The van der Waals surface area contributed by atoms with Gasteiger partial charge in [0.25, 0.3) is 0 Å². The van der Waals surface area contributed by atoms with Gasteiger partial charge in [-0.1, -0.05) is 19.3 Å². The first kappa shape index (κ1) is 13.2. The summed E-state index contributed by atoms with van der Waals surface area (Å²) in [7, 11) is 0. The van der Waals surface area contributed by atoms with E-state index in [-0.39, 0.29) is 5.60 Å². The van der Waals surface area contributed by atoms with Gasteiger partial charge in [0.05, 0.1) is 11.7 Å². The molecule has 1 atom stereocenters. The lowest BCUT2D eigenvalue weighted by Crippen LogP contribution is -2.36. The molecule has 2 saturated carbocycles. The molecule has 18 heavy (non-hydrogen) atoms. The first-order valence-electron chi connectivity index (χ1n) is 7.71. The van der Waals surface area contributed by atoms with Crippen LogP contribution in [0, 0.1) is 5.41 Å². The summed E-state index contributed by atoms with van der Waals surface area (Å²) in [5.41, 5.74) is 0.705. The van der Waals surface area contributed by atoms with Crippen LogP contribution in [0.15, 0.2) is 0 Å². The Morgan fingerprint density at radius 2 is 1.83 bits per heavy atom. The average molecular weight is 272 g/mol. The Morgan fingerprint density at radius 3 is 2.50 bits per heavy atom. The van der Waals surface area contributed by atoms with Crippen LogP contribution in [0.25, 0.3) is 0 Å². The van der Waals surface area contributed by atoms with E-state index in [1.807, 2.05) is 0 Å². The van der Waals surface area contributed by atoms with Crippen molar-refractivity contribution < 1.29 is 4.74 Å². The molecule has 1 aliphatic heterocycles. The van der Waals surface area contributed by atoms with E-state index >= 15 is 0 Å². The maximum Gasteiger partial charge on any atom is 0.0708 e. The SMILES string of the molecule is ClCC1(CNCC2CCC3(CCCCC3)O2)CC1. The Morgan fingerprint density at radius 1 is 1.06 bits per heavy atom. The number of halogens is 1. The van der Waals surface area contributed by atoms with Gasteiger partial charge in [0.15, 0.2) is 0 Å². The summed E-state index contributed by atoms with van der Waals surface area (Å²) >= 11 is 6.00. The maximum atomic E-state index is 6.36. The fraction of sp³-hybridized carbons (Fsp3) is 1.00. The zero-order chi connectivity index (χ0) is 12.5. The molecule has 1 unspecified atom stereocenters. The molecular formula is C15H26ClNO. The number of rotatable bonds is 5. The van der Waals surface area contributed by atoms with Crippen LogP contribution in [-0.2, 0) is 4.74 Å². The number of hydrogen-bond acceptors (Lipinski definition) is 2. The molecule has 1 spiro atoms. The molecule has 0 aromatic rings. The van der Waals surface area contributed by atoms with Gasteiger partial charge < -0.3 is 10.1 Å². The van der Waals surface area contributed by atoms with Crippen molar-refractivity contribution in [2.75, 3.05) is 19.0 Å². The Hall–Kier alpha value is 0.210. The van der Waals surface area contributed by atoms with Gasteiger partial charge in [-0.05, 0) is 43.9 Å². The monoisotopic (exact) mass is 271 g/mol. The summed E-state index contributed by atoms with van der Waals surface area (Å²) in [5, 5.41) is 3.59. The number of alkyl halides is 1. The molecule has 2 nitrogen and oxygen atoms in total. The number of ether oxygens (including phenoxy) is 1. The summed E-state index contributed by atoms with van der Waals surface area (Å²) in [6.07, 6.45) is 12.4. The van der Waals surface area contributed by atoms with Crippen molar-refractivity contribution in [1.29, 1.82) is 0 Å². The second kappa shape index (κ2) is 5.30. The molecule has 1 N–H and O–H groups in total. The fourth-order valence-corrected chi connectivity index (χ4v) is 4.00. The molecule has 3 rings (SSSR count). The highest BCUT2D eigenvalue weighted by molar-refractivity contribution is 6.18. The van der Waals surface area contributed by atoms with Gasteiger partial charge in [-0.15, -0.1) is 11.6 Å². The van der Waals surface area contributed by atoms with Crippen LogP contribution in [0.3, 0.4) is 0 Å². The van der Waals surface area contributed by atoms with Gasteiger partial charge in [-0.25, -0.2) is 0 Å². The molecule has 3 aliphatic rings. The van der Waals surface area contributed by atoms with Crippen molar-refractivity contribution in [3.63, 3.8) is 0 Å². The largest absolute Gasteiger partial charge is 0.370 e. The van der Waals surface area contributed by atoms with Gasteiger partial charge in [0, 0.05) is 19.0 Å². The van der Waals surface area contributed by atoms with E-state index in [4.69, 9.17) is 16.3 Å². The average Bonchev–Trinajstić information content (AvgIpc) is 3.09. The molecule has 1 saturated heterocycles. The van der Waals surface area contributed by atoms with Crippen LogP contribution in [-0.4, -0.2) is 30.7 Å². The molecule has 2 aliphatic carbocycles. The van der Waals surface area contributed by atoms with Crippen LogP contribution < -0.4 is 5.32 Å². The first-order chi connectivity index (χ1) is 8.76. The van der Waals surface area contributed by atoms with Gasteiger partial charge in [-0.3, -0.25) is 0 Å². The van der Waals surface area contributed by atoms with Crippen LogP contribution in [0.4, 0.5) is 0 Å². The van der Waals surface area contributed by atoms with E-state index in [0.717, 1.165) is 19.0 Å². The third-order valence-electron chi connectivity index (χ3n) is 5.22. The minimum absolute atomic E-state index is 0.272. The van der Waals surface area contributed by atoms with Gasteiger partial charge in [0.1, 0.15) is 0 Å². The molecule has 0 aromatic heterocycles. The lowest BCUT2D eigenvalue weighted by Gasteiger charge is -2.33.